The first-order valence-electron chi connectivity index (χ1n) is 5.61. The van der Waals surface area contributed by atoms with Gasteiger partial charge in [0.15, 0.2) is 0 Å². The maximum atomic E-state index is 13.1. The Kier molecular flexibility index (Phi) is 4.30. The Balaban J connectivity index is 2.68. The lowest BCUT2D eigenvalue weighted by Crippen LogP contribution is -2.33. The summed E-state index contributed by atoms with van der Waals surface area (Å²) >= 11 is 0. The minimum Gasteiger partial charge on any atom is -0.374 e. The molecule has 16 heavy (non-hydrogen) atoms. The SMILES string of the molecule is CN(CC(C)(C)CCN)c1cccc(F)c1. The third-order valence-corrected chi connectivity index (χ3v) is 2.74. The fraction of sp³-hybridized carbons (Fsp3) is 0.538. The minimum absolute atomic E-state index is 0.149. The lowest BCUT2D eigenvalue weighted by atomic mass is 9.89. The standard InChI is InChI=1S/C13H21FN2/c1-13(2,7-8-15)10-16(3)12-6-4-5-11(14)9-12/h4-6,9H,7-8,10,15H2,1-3H3. The molecule has 0 atom stereocenters. The first kappa shape index (κ1) is 13.0. The maximum absolute atomic E-state index is 13.1. The molecule has 3 heteroatoms. The Hall–Kier alpha value is -1.09. The Morgan fingerprint density at radius 1 is 1.38 bits per heavy atom. The van der Waals surface area contributed by atoms with Crippen LogP contribution in [-0.2, 0) is 0 Å². The zero-order valence-electron chi connectivity index (χ0n) is 10.3. The van der Waals surface area contributed by atoms with Gasteiger partial charge in [0, 0.05) is 19.3 Å². The molecule has 0 bridgehead atoms. The number of benzene rings is 1. The van der Waals surface area contributed by atoms with Crippen LogP contribution < -0.4 is 10.6 Å². The highest BCUT2D eigenvalue weighted by Crippen LogP contribution is 2.24. The van der Waals surface area contributed by atoms with Crippen LogP contribution in [0.3, 0.4) is 0 Å². The van der Waals surface area contributed by atoms with E-state index in [0.717, 1.165) is 18.7 Å². The van der Waals surface area contributed by atoms with Crippen LogP contribution in [0, 0.1) is 11.2 Å². The van der Waals surface area contributed by atoms with Crippen molar-refractivity contribution < 1.29 is 4.39 Å². The average molecular weight is 224 g/mol. The molecule has 0 spiro atoms. The van der Waals surface area contributed by atoms with Gasteiger partial charge in [-0.2, -0.15) is 0 Å². The van der Waals surface area contributed by atoms with Crippen molar-refractivity contribution in [3.63, 3.8) is 0 Å². The number of anilines is 1. The highest BCUT2D eigenvalue weighted by atomic mass is 19.1. The molecule has 0 amide bonds. The van der Waals surface area contributed by atoms with Crippen LogP contribution in [0.25, 0.3) is 0 Å². The van der Waals surface area contributed by atoms with Crippen LogP contribution >= 0.6 is 0 Å². The van der Waals surface area contributed by atoms with Gasteiger partial charge in [-0.05, 0) is 36.6 Å². The van der Waals surface area contributed by atoms with Gasteiger partial charge < -0.3 is 10.6 Å². The second-order valence-electron chi connectivity index (χ2n) is 5.04. The van der Waals surface area contributed by atoms with Gasteiger partial charge in [0.05, 0.1) is 0 Å². The zero-order valence-corrected chi connectivity index (χ0v) is 10.3. The van der Waals surface area contributed by atoms with E-state index in [4.69, 9.17) is 5.73 Å². The van der Waals surface area contributed by atoms with Crippen LogP contribution in [0.4, 0.5) is 10.1 Å². The van der Waals surface area contributed by atoms with E-state index in [1.54, 1.807) is 12.1 Å². The van der Waals surface area contributed by atoms with Gasteiger partial charge in [-0.25, -0.2) is 4.39 Å². The highest BCUT2D eigenvalue weighted by molar-refractivity contribution is 5.45. The van der Waals surface area contributed by atoms with Crippen LogP contribution in [0.2, 0.25) is 0 Å². The second-order valence-corrected chi connectivity index (χ2v) is 5.04. The average Bonchev–Trinajstić information content (AvgIpc) is 2.16. The van der Waals surface area contributed by atoms with E-state index in [0.29, 0.717) is 6.54 Å². The molecule has 0 saturated heterocycles. The number of rotatable bonds is 5. The van der Waals surface area contributed by atoms with Gasteiger partial charge in [0.25, 0.3) is 0 Å². The van der Waals surface area contributed by atoms with Crippen molar-refractivity contribution in [1.29, 1.82) is 0 Å². The third-order valence-electron chi connectivity index (χ3n) is 2.74. The molecule has 2 nitrogen and oxygen atoms in total. The van der Waals surface area contributed by atoms with E-state index in [-0.39, 0.29) is 11.2 Å². The molecule has 2 N–H and O–H groups in total. The number of nitrogens with two attached hydrogens (primary N) is 1. The van der Waals surface area contributed by atoms with E-state index in [1.807, 2.05) is 13.1 Å². The van der Waals surface area contributed by atoms with E-state index in [1.165, 1.54) is 6.07 Å². The van der Waals surface area contributed by atoms with Gasteiger partial charge in [-0.1, -0.05) is 19.9 Å². The number of hydrogen-bond donors (Lipinski definition) is 1. The molecule has 0 aromatic heterocycles. The molecule has 1 aromatic carbocycles. The summed E-state index contributed by atoms with van der Waals surface area (Å²) in [5, 5.41) is 0. The second kappa shape index (κ2) is 5.30. The molecule has 0 aliphatic carbocycles. The van der Waals surface area contributed by atoms with Crippen molar-refractivity contribution in [2.75, 3.05) is 25.0 Å². The Morgan fingerprint density at radius 2 is 2.06 bits per heavy atom. The number of hydrogen-bond acceptors (Lipinski definition) is 2. The first-order valence-corrected chi connectivity index (χ1v) is 5.61. The first-order chi connectivity index (χ1) is 7.44. The summed E-state index contributed by atoms with van der Waals surface area (Å²) < 4.78 is 13.1. The van der Waals surface area contributed by atoms with Gasteiger partial charge in [-0.3, -0.25) is 0 Å². The Bertz CT molecular complexity index is 336. The largest absolute Gasteiger partial charge is 0.374 e. The Labute approximate surface area is 97.3 Å². The normalized spacial score (nSPS) is 11.6. The quantitative estimate of drug-likeness (QED) is 0.833. The third kappa shape index (κ3) is 3.81. The van der Waals surface area contributed by atoms with Gasteiger partial charge >= 0.3 is 0 Å². The predicted molar refractivity (Wildman–Crippen MR) is 67.1 cm³/mol. The lowest BCUT2D eigenvalue weighted by Gasteiger charge is -2.31. The molecule has 0 radical (unpaired) electrons. The van der Waals surface area contributed by atoms with E-state index in [2.05, 4.69) is 18.7 Å². The molecule has 0 aliphatic rings. The molecule has 0 aliphatic heterocycles. The van der Waals surface area contributed by atoms with Crippen molar-refractivity contribution in [2.24, 2.45) is 11.1 Å². The van der Waals surface area contributed by atoms with E-state index in [9.17, 15) is 4.39 Å². The maximum Gasteiger partial charge on any atom is 0.125 e. The van der Waals surface area contributed by atoms with Crippen LogP contribution in [0.1, 0.15) is 20.3 Å². The topological polar surface area (TPSA) is 29.3 Å². The molecule has 0 unspecified atom stereocenters. The summed E-state index contributed by atoms with van der Waals surface area (Å²) in [6.07, 6.45) is 0.965. The van der Waals surface area contributed by atoms with Crippen molar-refractivity contribution in [2.45, 2.75) is 20.3 Å². The summed E-state index contributed by atoms with van der Waals surface area (Å²) in [7, 11) is 1.98. The van der Waals surface area contributed by atoms with Crippen molar-refractivity contribution in [3.8, 4) is 0 Å². The fourth-order valence-corrected chi connectivity index (χ4v) is 1.92. The summed E-state index contributed by atoms with van der Waals surface area (Å²) in [5.74, 6) is -0.194. The minimum atomic E-state index is -0.194. The van der Waals surface area contributed by atoms with Crippen molar-refractivity contribution >= 4 is 5.69 Å². The predicted octanol–water partition coefficient (Wildman–Crippen LogP) is 2.64. The summed E-state index contributed by atoms with van der Waals surface area (Å²) in [6.45, 7) is 5.91. The summed E-state index contributed by atoms with van der Waals surface area (Å²) in [6, 6.07) is 6.67. The molecular formula is C13H21FN2. The highest BCUT2D eigenvalue weighted by Gasteiger charge is 2.19. The van der Waals surface area contributed by atoms with E-state index < -0.39 is 0 Å². The van der Waals surface area contributed by atoms with Gasteiger partial charge in [0.1, 0.15) is 5.82 Å². The molecule has 0 saturated carbocycles. The molecule has 0 fully saturated rings. The Morgan fingerprint density at radius 3 is 2.62 bits per heavy atom. The zero-order chi connectivity index (χ0) is 12.2. The number of nitrogens with zero attached hydrogens (tertiary/aromatic N) is 1. The van der Waals surface area contributed by atoms with Crippen molar-refractivity contribution in [1.82, 2.24) is 0 Å². The van der Waals surface area contributed by atoms with Gasteiger partial charge in [-0.15, -0.1) is 0 Å². The summed E-state index contributed by atoms with van der Waals surface area (Å²) in [5.41, 5.74) is 6.63. The van der Waals surface area contributed by atoms with Crippen LogP contribution in [-0.4, -0.2) is 20.1 Å². The monoisotopic (exact) mass is 224 g/mol. The van der Waals surface area contributed by atoms with E-state index >= 15 is 0 Å². The fourth-order valence-electron chi connectivity index (χ4n) is 1.92. The summed E-state index contributed by atoms with van der Waals surface area (Å²) in [4.78, 5) is 2.07. The smallest absolute Gasteiger partial charge is 0.125 e. The molecule has 90 valence electrons. The van der Waals surface area contributed by atoms with Crippen molar-refractivity contribution in [3.05, 3.63) is 30.1 Å². The lowest BCUT2D eigenvalue weighted by molar-refractivity contribution is 0.347. The molecular weight excluding hydrogens is 203 g/mol. The molecule has 1 aromatic rings. The number of halogens is 1. The van der Waals surface area contributed by atoms with Gasteiger partial charge in [0.2, 0.25) is 0 Å². The van der Waals surface area contributed by atoms with Crippen LogP contribution in [0.15, 0.2) is 24.3 Å². The molecule has 0 heterocycles. The van der Waals surface area contributed by atoms with Crippen LogP contribution in [0.5, 0.6) is 0 Å². The molecule has 1 rings (SSSR count).